The molecule has 134 valence electrons. The van der Waals surface area contributed by atoms with Crippen molar-refractivity contribution in [2.75, 3.05) is 27.2 Å². The van der Waals surface area contributed by atoms with Crippen LogP contribution in [0.5, 0.6) is 0 Å². The zero-order valence-electron chi connectivity index (χ0n) is 14.9. The zero-order chi connectivity index (χ0) is 17.2. The first-order valence-electron chi connectivity index (χ1n) is 9.25. The molecule has 0 amide bonds. The second kappa shape index (κ2) is 7.54. The summed E-state index contributed by atoms with van der Waals surface area (Å²) < 4.78 is 27.4. The van der Waals surface area contributed by atoms with Gasteiger partial charge in [-0.2, -0.15) is 4.31 Å². The second-order valence-corrected chi connectivity index (χ2v) is 9.46. The van der Waals surface area contributed by atoms with Gasteiger partial charge in [0, 0.05) is 13.1 Å². The maximum atomic E-state index is 12.9. The third-order valence-corrected chi connectivity index (χ3v) is 7.76. The van der Waals surface area contributed by atoms with Crippen LogP contribution in [0.1, 0.15) is 56.4 Å². The van der Waals surface area contributed by atoms with Crippen molar-refractivity contribution in [3.8, 4) is 0 Å². The molecule has 1 aromatic carbocycles. The summed E-state index contributed by atoms with van der Waals surface area (Å²) in [5.74, 6) is 0.613. The first kappa shape index (κ1) is 17.9. The highest BCUT2D eigenvalue weighted by Crippen LogP contribution is 2.33. The van der Waals surface area contributed by atoms with Crippen molar-refractivity contribution < 1.29 is 8.42 Å². The Labute approximate surface area is 146 Å². The van der Waals surface area contributed by atoms with E-state index in [1.54, 1.807) is 11.4 Å². The lowest BCUT2D eigenvalue weighted by Gasteiger charge is -2.34. The van der Waals surface area contributed by atoms with Gasteiger partial charge in [0.2, 0.25) is 10.0 Å². The lowest BCUT2D eigenvalue weighted by Crippen LogP contribution is -2.44. The highest BCUT2D eigenvalue weighted by atomic mass is 32.2. The predicted octanol–water partition coefficient (Wildman–Crippen LogP) is 3.45. The molecule has 0 unspecified atom stereocenters. The molecule has 0 aromatic heterocycles. The van der Waals surface area contributed by atoms with Crippen molar-refractivity contribution >= 4 is 10.0 Å². The average molecular weight is 351 g/mol. The molecule has 1 aliphatic carbocycles. The van der Waals surface area contributed by atoms with Gasteiger partial charge >= 0.3 is 0 Å². The molecular formula is C19H30N2O2S. The molecule has 3 rings (SSSR count). The molecule has 0 atom stereocenters. The number of piperidine rings is 1. The van der Waals surface area contributed by atoms with Crippen molar-refractivity contribution in [2.24, 2.45) is 0 Å². The molecule has 2 fully saturated rings. The van der Waals surface area contributed by atoms with Crippen LogP contribution in [0.25, 0.3) is 0 Å². The molecule has 24 heavy (non-hydrogen) atoms. The number of benzene rings is 1. The van der Waals surface area contributed by atoms with E-state index in [4.69, 9.17) is 0 Å². The molecule has 4 nitrogen and oxygen atoms in total. The van der Waals surface area contributed by atoms with E-state index in [1.807, 2.05) is 24.3 Å². The highest BCUT2D eigenvalue weighted by molar-refractivity contribution is 7.89. The SMILES string of the molecule is CN1CCC(N(C)S(=O)(=O)c2ccc(C3CCCCC3)cc2)CC1. The highest BCUT2D eigenvalue weighted by Gasteiger charge is 2.30. The Morgan fingerprint density at radius 2 is 1.54 bits per heavy atom. The summed E-state index contributed by atoms with van der Waals surface area (Å²) in [6, 6.07) is 7.80. The third-order valence-electron chi connectivity index (χ3n) is 5.84. The van der Waals surface area contributed by atoms with Gasteiger partial charge in [0.05, 0.1) is 4.90 Å². The van der Waals surface area contributed by atoms with Gasteiger partial charge in [0.15, 0.2) is 0 Å². The van der Waals surface area contributed by atoms with E-state index in [1.165, 1.54) is 37.7 Å². The smallest absolute Gasteiger partial charge is 0.243 e. The summed E-state index contributed by atoms with van der Waals surface area (Å²) in [5.41, 5.74) is 1.30. The third kappa shape index (κ3) is 3.84. The monoisotopic (exact) mass is 350 g/mol. The maximum Gasteiger partial charge on any atom is 0.243 e. The standard InChI is InChI=1S/C19H30N2O2S/c1-20-14-12-18(13-15-20)21(2)24(22,23)19-10-8-17(9-11-19)16-6-4-3-5-7-16/h8-11,16,18H,3-7,12-15H2,1-2H3. The Morgan fingerprint density at radius 3 is 2.12 bits per heavy atom. The molecule has 1 saturated carbocycles. The zero-order valence-corrected chi connectivity index (χ0v) is 15.8. The van der Waals surface area contributed by atoms with Crippen LogP contribution in [-0.2, 0) is 10.0 Å². The number of rotatable bonds is 4. The minimum Gasteiger partial charge on any atom is -0.306 e. The molecule has 1 heterocycles. The van der Waals surface area contributed by atoms with Gasteiger partial charge in [0.1, 0.15) is 0 Å². The van der Waals surface area contributed by atoms with Crippen molar-refractivity contribution in [2.45, 2.75) is 61.8 Å². The van der Waals surface area contributed by atoms with Crippen LogP contribution in [-0.4, -0.2) is 50.8 Å². The van der Waals surface area contributed by atoms with Crippen LogP contribution in [0.4, 0.5) is 0 Å². The molecule has 0 N–H and O–H groups in total. The van der Waals surface area contributed by atoms with E-state index >= 15 is 0 Å². The average Bonchev–Trinajstić information content (AvgIpc) is 2.62. The molecule has 0 radical (unpaired) electrons. The summed E-state index contributed by atoms with van der Waals surface area (Å²) in [7, 11) is 0.440. The van der Waals surface area contributed by atoms with Crippen LogP contribution in [0.15, 0.2) is 29.2 Å². The molecule has 1 aromatic rings. The van der Waals surface area contributed by atoms with Gasteiger partial charge < -0.3 is 4.90 Å². The molecule has 1 aliphatic heterocycles. The molecule has 1 saturated heterocycles. The molecular weight excluding hydrogens is 320 g/mol. The first-order chi connectivity index (χ1) is 11.5. The fourth-order valence-corrected chi connectivity index (χ4v) is 5.48. The van der Waals surface area contributed by atoms with E-state index < -0.39 is 10.0 Å². The van der Waals surface area contributed by atoms with Crippen molar-refractivity contribution in [1.29, 1.82) is 0 Å². The maximum absolute atomic E-state index is 12.9. The molecule has 0 spiro atoms. The number of hydrogen-bond donors (Lipinski definition) is 0. The van der Waals surface area contributed by atoms with E-state index in [0.29, 0.717) is 10.8 Å². The fraction of sp³-hybridized carbons (Fsp3) is 0.684. The van der Waals surface area contributed by atoms with Crippen LogP contribution < -0.4 is 0 Å². The van der Waals surface area contributed by atoms with Gasteiger partial charge in [0.25, 0.3) is 0 Å². The van der Waals surface area contributed by atoms with Gasteiger partial charge in [-0.3, -0.25) is 0 Å². The van der Waals surface area contributed by atoms with Gasteiger partial charge in [-0.1, -0.05) is 31.4 Å². The molecule has 5 heteroatoms. The fourth-order valence-electron chi connectivity index (χ4n) is 4.07. The largest absolute Gasteiger partial charge is 0.306 e. The van der Waals surface area contributed by atoms with Gasteiger partial charge in [-0.15, -0.1) is 0 Å². The number of hydrogen-bond acceptors (Lipinski definition) is 3. The lowest BCUT2D eigenvalue weighted by molar-refractivity contribution is 0.197. The number of sulfonamides is 1. The molecule has 0 bridgehead atoms. The normalized spacial score (nSPS) is 22.1. The predicted molar refractivity (Wildman–Crippen MR) is 97.7 cm³/mol. The van der Waals surface area contributed by atoms with Crippen LogP contribution in [0, 0.1) is 0 Å². The Morgan fingerprint density at radius 1 is 0.958 bits per heavy atom. The summed E-state index contributed by atoms with van der Waals surface area (Å²) in [6.07, 6.45) is 8.22. The van der Waals surface area contributed by atoms with Crippen LogP contribution in [0.2, 0.25) is 0 Å². The van der Waals surface area contributed by atoms with E-state index in [2.05, 4.69) is 11.9 Å². The summed E-state index contributed by atoms with van der Waals surface area (Å²) in [5, 5.41) is 0. The van der Waals surface area contributed by atoms with E-state index in [0.717, 1.165) is 25.9 Å². The van der Waals surface area contributed by atoms with Crippen molar-refractivity contribution in [3.63, 3.8) is 0 Å². The van der Waals surface area contributed by atoms with E-state index in [9.17, 15) is 8.42 Å². The van der Waals surface area contributed by atoms with Gasteiger partial charge in [-0.05, 0) is 69.4 Å². The van der Waals surface area contributed by atoms with Crippen molar-refractivity contribution in [3.05, 3.63) is 29.8 Å². The minimum atomic E-state index is -3.39. The van der Waals surface area contributed by atoms with Crippen LogP contribution >= 0.6 is 0 Å². The Hall–Kier alpha value is -0.910. The topological polar surface area (TPSA) is 40.6 Å². The quantitative estimate of drug-likeness (QED) is 0.835. The van der Waals surface area contributed by atoms with Gasteiger partial charge in [-0.25, -0.2) is 8.42 Å². The summed E-state index contributed by atoms with van der Waals surface area (Å²) >= 11 is 0. The van der Waals surface area contributed by atoms with Crippen molar-refractivity contribution in [1.82, 2.24) is 9.21 Å². The second-order valence-electron chi connectivity index (χ2n) is 7.46. The molecule has 2 aliphatic rings. The number of likely N-dealkylation sites (tertiary alicyclic amines) is 1. The summed E-state index contributed by atoms with van der Waals surface area (Å²) in [6.45, 7) is 1.93. The van der Waals surface area contributed by atoms with Crippen LogP contribution in [0.3, 0.4) is 0 Å². The Balaban J connectivity index is 1.72. The van der Waals surface area contributed by atoms with E-state index in [-0.39, 0.29) is 6.04 Å². The minimum absolute atomic E-state index is 0.115. The number of nitrogens with zero attached hydrogens (tertiary/aromatic N) is 2. The Kier molecular flexibility index (Phi) is 5.63. The Bertz CT molecular complexity index is 628. The lowest BCUT2D eigenvalue weighted by atomic mass is 9.84. The first-order valence-corrected chi connectivity index (χ1v) is 10.7. The summed E-state index contributed by atoms with van der Waals surface area (Å²) in [4.78, 5) is 2.69.